The predicted octanol–water partition coefficient (Wildman–Crippen LogP) is 6.89. The van der Waals surface area contributed by atoms with E-state index in [4.69, 9.17) is 26.4 Å². The van der Waals surface area contributed by atoms with Gasteiger partial charge in [0.2, 0.25) is 11.9 Å². The van der Waals surface area contributed by atoms with Gasteiger partial charge in [0.25, 0.3) is 11.8 Å². The van der Waals surface area contributed by atoms with Gasteiger partial charge < -0.3 is 31.6 Å². The normalized spacial score (nSPS) is 16.8. The molecule has 0 bridgehead atoms. The number of aromatic nitrogens is 6. The van der Waals surface area contributed by atoms with Gasteiger partial charge in [0, 0.05) is 55.8 Å². The van der Waals surface area contributed by atoms with Gasteiger partial charge in [0.1, 0.15) is 29.7 Å². The van der Waals surface area contributed by atoms with Gasteiger partial charge in [-0.2, -0.15) is 32.0 Å². The SMILES string of the molecule is NC(=O)c1cc(-c2cc3sc(N4CCN(c5nc6ccccc6[nH]5)CC4)nc3nc2[C@H](Cc2cc(F)cc(F)c2)NC(=O)Cn2nc(C(F)(F)F)c3c2C(F)(F)C[C@@H]3N)ccc1F. The number of nitrogens with two attached hydrogens (primary N) is 2. The van der Waals surface area contributed by atoms with Crippen LogP contribution in [-0.2, 0) is 29.9 Å². The van der Waals surface area contributed by atoms with E-state index in [0.29, 0.717) is 48.0 Å². The number of hydrogen-bond acceptors (Lipinski definition) is 10. The molecule has 0 saturated carbocycles. The summed E-state index contributed by atoms with van der Waals surface area (Å²) in [7, 11) is 0. The Morgan fingerprint density at radius 3 is 2.35 bits per heavy atom. The summed E-state index contributed by atoms with van der Waals surface area (Å²) >= 11 is 1.26. The molecule has 0 radical (unpaired) electrons. The Morgan fingerprint density at radius 1 is 0.937 bits per heavy atom. The fourth-order valence-electron chi connectivity index (χ4n) is 8.15. The van der Waals surface area contributed by atoms with Crippen molar-refractivity contribution in [3.8, 4) is 11.1 Å². The van der Waals surface area contributed by atoms with E-state index in [2.05, 4.69) is 20.3 Å². The molecule has 2 aliphatic rings. The summed E-state index contributed by atoms with van der Waals surface area (Å²) in [5, 5.41) is 6.50. The number of anilines is 2. The molecule has 6 N–H and O–H groups in total. The summed E-state index contributed by atoms with van der Waals surface area (Å²) in [6.45, 7) is 1.04. The molecule has 63 heavy (non-hydrogen) atoms. The maximum atomic E-state index is 15.2. The monoisotopic (exact) mass is 895 g/mol. The Kier molecular flexibility index (Phi) is 10.3. The van der Waals surface area contributed by atoms with Crippen LogP contribution in [0.5, 0.6) is 0 Å². The Balaban J connectivity index is 1.11. The van der Waals surface area contributed by atoms with Gasteiger partial charge >= 0.3 is 6.18 Å². The fraction of sp³-hybridized carbons (Fsp3) is 0.268. The number of nitrogens with zero attached hydrogens (tertiary/aromatic N) is 7. The molecule has 1 fully saturated rings. The molecule has 13 nitrogen and oxygen atoms in total. The third-order valence-corrected chi connectivity index (χ3v) is 12.0. The molecule has 1 saturated heterocycles. The smallest absolute Gasteiger partial charge is 0.366 e. The van der Waals surface area contributed by atoms with Gasteiger partial charge in [0.15, 0.2) is 16.5 Å². The first-order chi connectivity index (χ1) is 29.9. The molecule has 9 rings (SSSR count). The molecule has 7 aromatic rings. The first-order valence-electron chi connectivity index (χ1n) is 19.3. The molecule has 1 aliphatic carbocycles. The lowest BCUT2D eigenvalue weighted by atomic mass is 9.94. The highest BCUT2D eigenvalue weighted by Gasteiger charge is 2.53. The lowest BCUT2D eigenvalue weighted by Crippen LogP contribution is -2.46. The van der Waals surface area contributed by atoms with Crippen molar-refractivity contribution in [1.29, 1.82) is 0 Å². The molecule has 5 heterocycles. The number of halogens is 8. The number of rotatable bonds is 10. The molecule has 4 aromatic heterocycles. The van der Waals surface area contributed by atoms with E-state index in [1.54, 1.807) is 6.07 Å². The highest BCUT2D eigenvalue weighted by Crippen LogP contribution is 2.50. The lowest BCUT2D eigenvalue weighted by Gasteiger charge is -2.34. The van der Waals surface area contributed by atoms with Gasteiger partial charge in [-0.3, -0.25) is 14.3 Å². The van der Waals surface area contributed by atoms with Crippen LogP contribution in [0, 0.1) is 17.5 Å². The van der Waals surface area contributed by atoms with Crippen molar-refractivity contribution in [2.75, 3.05) is 36.0 Å². The largest absolute Gasteiger partial charge is 0.435 e. The lowest BCUT2D eigenvalue weighted by molar-refractivity contribution is -0.142. The number of alkyl halides is 5. The average molecular weight is 896 g/mol. The Morgan fingerprint density at radius 2 is 1.65 bits per heavy atom. The first kappa shape index (κ1) is 41.7. The molecule has 0 unspecified atom stereocenters. The Hall–Kier alpha value is -6.68. The second kappa shape index (κ2) is 15.6. The first-order valence-corrected chi connectivity index (χ1v) is 20.2. The van der Waals surface area contributed by atoms with E-state index in [-0.39, 0.29) is 32.7 Å². The minimum absolute atomic E-state index is 0.0132. The van der Waals surface area contributed by atoms with Gasteiger partial charge in [-0.25, -0.2) is 23.1 Å². The standard InChI is InChI=1S/C41H33F8N11O2S/c42-21-11-19(12-22(43)15-21)13-29(52-31(61)18-60-35-32(26(50)17-40(35,45)46)34(57-60)41(47,48)49)33-23(20-5-6-25(44)24(14-20)36(51)62)16-30-37(55-33)56-39(63-30)59-9-7-58(8-10-59)38-53-27-3-1-2-4-28(27)54-38/h1-6,11-12,14-16,26,29H,7-10,13,17-18,50H2,(H2,51,62)(H,52,61)(H,53,54)/t26-,29-/m0/s1. The zero-order valence-electron chi connectivity index (χ0n) is 32.5. The van der Waals surface area contributed by atoms with E-state index >= 15 is 8.78 Å². The number of amides is 2. The summed E-state index contributed by atoms with van der Waals surface area (Å²) in [5.74, 6) is -8.28. The Labute approximate surface area is 354 Å². The predicted molar refractivity (Wildman–Crippen MR) is 215 cm³/mol. The van der Waals surface area contributed by atoms with Crippen LogP contribution in [0.2, 0.25) is 0 Å². The number of piperazine rings is 1. The van der Waals surface area contributed by atoms with Crippen molar-refractivity contribution in [2.24, 2.45) is 11.5 Å². The maximum absolute atomic E-state index is 15.2. The molecule has 2 amide bonds. The molecule has 326 valence electrons. The van der Waals surface area contributed by atoms with Crippen molar-refractivity contribution in [2.45, 2.75) is 43.6 Å². The summed E-state index contributed by atoms with van der Waals surface area (Å²) in [6.07, 6.45) is -6.75. The second-order valence-electron chi connectivity index (χ2n) is 15.2. The number of carbonyl (C=O) groups excluding carboxylic acids is 2. The number of aromatic amines is 1. The zero-order valence-corrected chi connectivity index (χ0v) is 33.3. The summed E-state index contributed by atoms with van der Waals surface area (Å²) in [6, 6.07) is 12.2. The molecular formula is C41H33F8N11O2S. The van der Waals surface area contributed by atoms with Crippen LogP contribution in [0.1, 0.15) is 57.1 Å². The molecule has 1 aliphatic heterocycles. The summed E-state index contributed by atoms with van der Waals surface area (Å²) < 4.78 is 117. The fourth-order valence-corrected chi connectivity index (χ4v) is 9.15. The highest BCUT2D eigenvalue weighted by atomic mass is 32.1. The van der Waals surface area contributed by atoms with Gasteiger partial charge in [-0.05, 0) is 60.0 Å². The van der Waals surface area contributed by atoms with Crippen LogP contribution in [0.4, 0.5) is 46.2 Å². The van der Waals surface area contributed by atoms with E-state index in [9.17, 15) is 35.9 Å². The van der Waals surface area contributed by atoms with Crippen molar-refractivity contribution in [1.82, 2.24) is 35.0 Å². The number of imidazole rings is 1. The van der Waals surface area contributed by atoms with E-state index in [0.717, 1.165) is 35.3 Å². The van der Waals surface area contributed by atoms with Crippen molar-refractivity contribution >= 4 is 55.6 Å². The highest BCUT2D eigenvalue weighted by molar-refractivity contribution is 7.22. The number of carbonyl (C=O) groups is 2. The number of nitrogens with one attached hydrogen (secondary N) is 2. The van der Waals surface area contributed by atoms with Crippen molar-refractivity contribution in [3.63, 3.8) is 0 Å². The van der Waals surface area contributed by atoms with Crippen LogP contribution >= 0.6 is 11.3 Å². The van der Waals surface area contributed by atoms with Crippen LogP contribution in [0.3, 0.4) is 0 Å². The number of pyridine rings is 1. The maximum Gasteiger partial charge on any atom is 0.435 e. The quantitative estimate of drug-likeness (QED) is 0.107. The van der Waals surface area contributed by atoms with Crippen LogP contribution in [0.15, 0.2) is 66.7 Å². The third-order valence-electron chi connectivity index (χ3n) is 10.9. The summed E-state index contributed by atoms with van der Waals surface area (Å²) in [5.41, 5.74) is 9.11. The molecule has 3 aromatic carbocycles. The molecule has 22 heteroatoms. The molecule has 0 spiro atoms. The number of hydrogen-bond donors (Lipinski definition) is 4. The zero-order chi connectivity index (χ0) is 44.5. The minimum Gasteiger partial charge on any atom is -0.366 e. The topological polar surface area (TPSA) is 177 Å². The van der Waals surface area contributed by atoms with E-state index in [1.165, 1.54) is 17.4 Å². The number of fused-ring (bicyclic) bond motifs is 3. The van der Waals surface area contributed by atoms with E-state index < -0.39 is 95.3 Å². The van der Waals surface area contributed by atoms with Gasteiger partial charge in [-0.1, -0.05) is 29.5 Å². The van der Waals surface area contributed by atoms with Crippen LogP contribution in [-0.4, -0.2) is 67.7 Å². The van der Waals surface area contributed by atoms with Crippen molar-refractivity contribution < 1.29 is 44.7 Å². The average Bonchev–Trinajstić information content (AvgIpc) is 3.99. The Bertz CT molecular complexity index is 2890. The van der Waals surface area contributed by atoms with Crippen LogP contribution < -0.4 is 26.6 Å². The third kappa shape index (κ3) is 7.99. The van der Waals surface area contributed by atoms with Gasteiger partial charge in [-0.15, -0.1) is 0 Å². The van der Waals surface area contributed by atoms with Gasteiger partial charge in [0.05, 0.1) is 33.0 Å². The number of thiazole rings is 1. The number of H-pyrrole nitrogens is 1. The number of primary amides is 1. The second-order valence-corrected chi connectivity index (χ2v) is 16.2. The van der Waals surface area contributed by atoms with Crippen LogP contribution in [0.25, 0.3) is 32.5 Å². The molecule has 2 atom stereocenters. The number of para-hydroxylation sites is 2. The van der Waals surface area contributed by atoms with Crippen molar-refractivity contribution in [3.05, 3.63) is 118 Å². The van der Waals surface area contributed by atoms with E-state index in [1.807, 2.05) is 29.2 Å². The minimum atomic E-state index is -5.19. The number of benzene rings is 3. The molecular weight excluding hydrogens is 863 g/mol. The summed E-state index contributed by atoms with van der Waals surface area (Å²) in [4.78, 5) is 47.9.